The molecule has 2 aromatic rings. The van der Waals surface area contributed by atoms with Gasteiger partial charge in [-0.25, -0.2) is 9.97 Å². The molecule has 2 rings (SSSR count). The summed E-state index contributed by atoms with van der Waals surface area (Å²) < 4.78 is 7.77. The lowest BCUT2D eigenvalue weighted by molar-refractivity contribution is 0.549. The summed E-state index contributed by atoms with van der Waals surface area (Å²) in [6.07, 6.45) is 1.70. The normalized spacial score (nSPS) is 10.6. The Morgan fingerprint density at radius 3 is 2.65 bits per heavy atom. The number of hydrogen-bond acceptors (Lipinski definition) is 4. The molecule has 0 saturated carbocycles. The van der Waals surface area contributed by atoms with Crippen LogP contribution < -0.4 is 5.32 Å². The van der Waals surface area contributed by atoms with Crippen molar-refractivity contribution in [3.05, 3.63) is 25.9 Å². The van der Waals surface area contributed by atoms with Crippen LogP contribution in [0.3, 0.4) is 0 Å². The number of nitrogens with zero attached hydrogens (tertiary/aromatic N) is 2. The van der Waals surface area contributed by atoms with E-state index in [0.29, 0.717) is 16.3 Å². The maximum Gasteiger partial charge on any atom is 0.197 e. The highest BCUT2D eigenvalue weighted by molar-refractivity contribution is 9.13. The van der Waals surface area contributed by atoms with Crippen LogP contribution in [0.2, 0.25) is 0 Å². The standard InChI is InChI=1S/C10H8Br3N3O/c1-2-14-9-6(12)4-15-10(16-9)7-3-5(11)8(13)17-7/h3-4H,2H2,1H3,(H,14,15,16). The maximum absolute atomic E-state index is 5.48. The Labute approximate surface area is 124 Å². The molecule has 2 heterocycles. The number of hydrogen-bond donors (Lipinski definition) is 1. The summed E-state index contributed by atoms with van der Waals surface area (Å²) in [5, 5.41) is 3.14. The van der Waals surface area contributed by atoms with E-state index >= 15 is 0 Å². The summed E-state index contributed by atoms with van der Waals surface area (Å²) in [6.45, 7) is 2.80. The molecule has 0 spiro atoms. The van der Waals surface area contributed by atoms with Crippen molar-refractivity contribution < 1.29 is 4.42 Å². The minimum absolute atomic E-state index is 0.538. The first kappa shape index (κ1) is 13.0. The lowest BCUT2D eigenvalue weighted by Gasteiger charge is -2.05. The van der Waals surface area contributed by atoms with Gasteiger partial charge in [-0.2, -0.15) is 0 Å². The zero-order valence-electron chi connectivity index (χ0n) is 8.80. The molecule has 0 aromatic carbocycles. The van der Waals surface area contributed by atoms with Crippen molar-refractivity contribution in [3.63, 3.8) is 0 Å². The van der Waals surface area contributed by atoms with Gasteiger partial charge >= 0.3 is 0 Å². The molecule has 0 aliphatic carbocycles. The minimum atomic E-state index is 0.538. The Hall–Kier alpha value is -0.400. The van der Waals surface area contributed by atoms with E-state index in [9.17, 15) is 0 Å². The second-order valence-electron chi connectivity index (χ2n) is 3.15. The molecular formula is C10H8Br3N3O. The van der Waals surface area contributed by atoms with Gasteiger partial charge in [0, 0.05) is 18.8 Å². The third-order valence-corrected chi connectivity index (χ3v) is 4.24. The van der Waals surface area contributed by atoms with E-state index < -0.39 is 0 Å². The highest BCUT2D eigenvalue weighted by atomic mass is 79.9. The molecule has 0 aliphatic rings. The Morgan fingerprint density at radius 2 is 2.06 bits per heavy atom. The smallest absolute Gasteiger partial charge is 0.197 e. The molecule has 0 saturated heterocycles. The van der Waals surface area contributed by atoms with Gasteiger partial charge in [0.15, 0.2) is 16.3 Å². The molecule has 1 N–H and O–H groups in total. The van der Waals surface area contributed by atoms with Crippen molar-refractivity contribution in [2.45, 2.75) is 6.92 Å². The molecule has 0 fully saturated rings. The molecule has 0 atom stereocenters. The van der Waals surface area contributed by atoms with Gasteiger partial charge < -0.3 is 9.73 Å². The number of aromatic nitrogens is 2. The van der Waals surface area contributed by atoms with Crippen molar-refractivity contribution >= 4 is 53.6 Å². The van der Waals surface area contributed by atoms with E-state index in [1.54, 1.807) is 6.20 Å². The summed E-state index contributed by atoms with van der Waals surface area (Å²) in [6, 6.07) is 1.82. The van der Waals surface area contributed by atoms with Gasteiger partial charge in [0.1, 0.15) is 5.82 Å². The van der Waals surface area contributed by atoms with Gasteiger partial charge in [-0.1, -0.05) is 0 Å². The monoisotopic (exact) mass is 423 g/mol. The molecule has 0 radical (unpaired) electrons. The maximum atomic E-state index is 5.48. The number of furan rings is 1. The number of rotatable bonds is 3. The zero-order valence-corrected chi connectivity index (χ0v) is 13.6. The summed E-state index contributed by atoms with van der Waals surface area (Å²) in [5.74, 6) is 1.90. The summed E-state index contributed by atoms with van der Waals surface area (Å²) in [5.41, 5.74) is 0. The fourth-order valence-corrected chi connectivity index (χ4v) is 2.14. The average molecular weight is 426 g/mol. The topological polar surface area (TPSA) is 51.0 Å². The Kier molecular flexibility index (Phi) is 4.22. The molecule has 0 amide bonds. The van der Waals surface area contributed by atoms with Crippen LogP contribution in [0.25, 0.3) is 11.6 Å². The van der Waals surface area contributed by atoms with Gasteiger partial charge in [-0.15, -0.1) is 0 Å². The van der Waals surface area contributed by atoms with Crippen molar-refractivity contribution in [2.75, 3.05) is 11.9 Å². The second-order valence-corrected chi connectivity index (χ2v) is 5.58. The Bertz CT molecular complexity index is 522. The lowest BCUT2D eigenvalue weighted by atomic mass is 10.4. The zero-order chi connectivity index (χ0) is 12.4. The fourth-order valence-electron chi connectivity index (χ4n) is 1.23. The SMILES string of the molecule is CCNc1nc(-c2cc(Br)c(Br)o2)ncc1Br. The molecule has 90 valence electrons. The van der Waals surface area contributed by atoms with Crippen LogP contribution >= 0.6 is 47.8 Å². The van der Waals surface area contributed by atoms with E-state index in [2.05, 4.69) is 63.1 Å². The lowest BCUT2D eigenvalue weighted by Crippen LogP contribution is -2.02. The largest absolute Gasteiger partial charge is 0.445 e. The second kappa shape index (κ2) is 5.49. The molecular weight excluding hydrogens is 418 g/mol. The van der Waals surface area contributed by atoms with Crippen LogP contribution in [0.15, 0.2) is 30.3 Å². The van der Waals surface area contributed by atoms with Crippen LogP contribution in [-0.4, -0.2) is 16.5 Å². The summed E-state index contributed by atoms with van der Waals surface area (Å²) >= 11 is 10.0. The van der Waals surface area contributed by atoms with Gasteiger partial charge in [-0.3, -0.25) is 0 Å². The van der Waals surface area contributed by atoms with E-state index in [4.69, 9.17) is 4.42 Å². The first-order valence-corrected chi connectivity index (χ1v) is 7.21. The summed E-state index contributed by atoms with van der Waals surface area (Å²) in [7, 11) is 0. The molecule has 0 bridgehead atoms. The number of halogens is 3. The quantitative estimate of drug-likeness (QED) is 0.789. The predicted octanol–water partition coefficient (Wildman–Crippen LogP) is 4.46. The summed E-state index contributed by atoms with van der Waals surface area (Å²) in [4.78, 5) is 8.59. The van der Waals surface area contributed by atoms with Crippen LogP contribution in [-0.2, 0) is 0 Å². The predicted molar refractivity (Wildman–Crippen MR) is 77.0 cm³/mol. The minimum Gasteiger partial charge on any atom is -0.445 e. The van der Waals surface area contributed by atoms with E-state index in [1.165, 1.54) is 0 Å². The third kappa shape index (κ3) is 2.89. The van der Waals surface area contributed by atoms with E-state index in [1.807, 2.05) is 13.0 Å². The van der Waals surface area contributed by atoms with Crippen molar-refractivity contribution in [1.29, 1.82) is 0 Å². The van der Waals surface area contributed by atoms with Crippen LogP contribution in [0.5, 0.6) is 0 Å². The van der Waals surface area contributed by atoms with Gasteiger partial charge in [0.05, 0.1) is 8.95 Å². The number of anilines is 1. The van der Waals surface area contributed by atoms with E-state index in [0.717, 1.165) is 21.3 Å². The molecule has 7 heteroatoms. The highest BCUT2D eigenvalue weighted by Crippen LogP contribution is 2.32. The van der Waals surface area contributed by atoms with Crippen molar-refractivity contribution in [1.82, 2.24) is 9.97 Å². The number of nitrogens with one attached hydrogen (secondary N) is 1. The molecule has 4 nitrogen and oxygen atoms in total. The highest BCUT2D eigenvalue weighted by Gasteiger charge is 2.12. The van der Waals surface area contributed by atoms with Gasteiger partial charge in [-0.05, 0) is 54.7 Å². The van der Waals surface area contributed by atoms with Crippen LogP contribution in [0, 0.1) is 0 Å². The van der Waals surface area contributed by atoms with Gasteiger partial charge in [0.25, 0.3) is 0 Å². The van der Waals surface area contributed by atoms with Crippen LogP contribution in [0.4, 0.5) is 5.82 Å². The van der Waals surface area contributed by atoms with Crippen molar-refractivity contribution in [3.8, 4) is 11.6 Å². The average Bonchev–Trinajstić information content (AvgIpc) is 2.63. The molecule has 0 aliphatic heterocycles. The van der Waals surface area contributed by atoms with E-state index in [-0.39, 0.29) is 0 Å². The Morgan fingerprint density at radius 1 is 1.29 bits per heavy atom. The fraction of sp³-hybridized carbons (Fsp3) is 0.200. The van der Waals surface area contributed by atoms with Crippen LogP contribution in [0.1, 0.15) is 6.92 Å². The molecule has 0 unspecified atom stereocenters. The molecule has 17 heavy (non-hydrogen) atoms. The Balaban J connectivity index is 2.42. The molecule has 2 aromatic heterocycles. The third-order valence-electron chi connectivity index (χ3n) is 1.95. The first-order chi connectivity index (χ1) is 8.11. The van der Waals surface area contributed by atoms with Gasteiger partial charge in [0.2, 0.25) is 0 Å². The first-order valence-electron chi connectivity index (χ1n) is 4.83. The van der Waals surface area contributed by atoms with Crippen molar-refractivity contribution in [2.24, 2.45) is 0 Å².